The van der Waals surface area contributed by atoms with Gasteiger partial charge in [0.25, 0.3) is 11.4 Å². The SMILES string of the molecule is O=C1OC(c2ccc([N+](=O)[O-])cc2)=N/C1=C\c1cccc(OCc2ccc([N+](=O)[O-])cc2)c1. The van der Waals surface area contributed by atoms with E-state index in [2.05, 4.69) is 4.99 Å². The number of hydrogen-bond donors (Lipinski definition) is 0. The highest BCUT2D eigenvalue weighted by Gasteiger charge is 2.24. The molecule has 1 aliphatic heterocycles. The number of carbonyl (C=O) groups excluding carboxylic acids is 1. The lowest BCUT2D eigenvalue weighted by Crippen LogP contribution is -2.05. The quantitative estimate of drug-likeness (QED) is 0.227. The van der Waals surface area contributed by atoms with E-state index < -0.39 is 15.8 Å². The number of ether oxygens (including phenoxy) is 2. The largest absolute Gasteiger partial charge is 0.489 e. The topological polar surface area (TPSA) is 134 Å². The second-order valence-corrected chi connectivity index (χ2v) is 6.92. The van der Waals surface area contributed by atoms with Gasteiger partial charge in [-0.1, -0.05) is 12.1 Å². The third-order valence-electron chi connectivity index (χ3n) is 4.66. The molecule has 3 aromatic carbocycles. The zero-order valence-corrected chi connectivity index (χ0v) is 16.9. The fourth-order valence-corrected chi connectivity index (χ4v) is 2.99. The number of nitro benzene ring substituents is 2. The van der Waals surface area contributed by atoms with Crippen molar-refractivity contribution in [2.75, 3.05) is 0 Å². The summed E-state index contributed by atoms with van der Waals surface area (Å²) in [6.07, 6.45) is 1.54. The minimum atomic E-state index is -0.638. The summed E-state index contributed by atoms with van der Waals surface area (Å²) in [5, 5.41) is 21.5. The Bertz CT molecular complexity index is 1300. The Hall–Kier alpha value is -4.86. The van der Waals surface area contributed by atoms with Crippen molar-refractivity contribution in [2.24, 2.45) is 4.99 Å². The number of non-ortho nitro benzene ring substituents is 2. The molecule has 1 heterocycles. The predicted octanol–water partition coefficient (Wildman–Crippen LogP) is 4.43. The second-order valence-electron chi connectivity index (χ2n) is 6.92. The third kappa shape index (κ3) is 5.07. The molecule has 0 N–H and O–H groups in total. The van der Waals surface area contributed by atoms with Crippen LogP contribution in [-0.2, 0) is 16.1 Å². The monoisotopic (exact) mass is 445 g/mol. The summed E-state index contributed by atoms with van der Waals surface area (Å²) in [6.45, 7) is 0.211. The van der Waals surface area contributed by atoms with Gasteiger partial charge in [-0.2, -0.15) is 0 Å². The third-order valence-corrected chi connectivity index (χ3v) is 4.66. The van der Waals surface area contributed by atoms with Crippen molar-refractivity contribution in [1.82, 2.24) is 0 Å². The molecule has 33 heavy (non-hydrogen) atoms. The number of aliphatic imine (C=N–C) groups is 1. The normalized spacial score (nSPS) is 14.0. The lowest BCUT2D eigenvalue weighted by molar-refractivity contribution is -0.385. The number of nitrogens with zero attached hydrogens (tertiary/aromatic N) is 3. The molecular formula is C23H15N3O7. The van der Waals surface area contributed by atoms with Crippen molar-refractivity contribution >= 4 is 29.3 Å². The summed E-state index contributed by atoms with van der Waals surface area (Å²) in [7, 11) is 0. The predicted molar refractivity (Wildman–Crippen MR) is 118 cm³/mol. The van der Waals surface area contributed by atoms with E-state index >= 15 is 0 Å². The Balaban J connectivity index is 1.47. The molecule has 10 nitrogen and oxygen atoms in total. The fourth-order valence-electron chi connectivity index (χ4n) is 2.99. The number of carbonyl (C=O) groups is 1. The van der Waals surface area contributed by atoms with Gasteiger partial charge in [0, 0.05) is 29.8 Å². The molecule has 4 rings (SSSR count). The number of esters is 1. The van der Waals surface area contributed by atoms with E-state index in [1.54, 1.807) is 42.5 Å². The summed E-state index contributed by atoms with van der Waals surface area (Å²) in [6, 6.07) is 18.5. The summed E-state index contributed by atoms with van der Waals surface area (Å²) < 4.78 is 10.9. The highest BCUT2D eigenvalue weighted by Crippen LogP contribution is 2.23. The summed E-state index contributed by atoms with van der Waals surface area (Å²) >= 11 is 0. The Morgan fingerprint density at radius 1 is 0.909 bits per heavy atom. The van der Waals surface area contributed by atoms with Crippen LogP contribution in [-0.4, -0.2) is 21.7 Å². The van der Waals surface area contributed by atoms with Crippen molar-refractivity contribution < 1.29 is 24.1 Å². The minimum absolute atomic E-state index is 0.00414. The summed E-state index contributed by atoms with van der Waals surface area (Å²) in [5.74, 6) is -0.0408. The molecule has 0 amide bonds. The zero-order valence-electron chi connectivity index (χ0n) is 16.9. The highest BCUT2D eigenvalue weighted by molar-refractivity contribution is 6.12. The van der Waals surface area contributed by atoms with E-state index in [-0.39, 0.29) is 29.6 Å². The first-order valence-corrected chi connectivity index (χ1v) is 9.62. The van der Waals surface area contributed by atoms with Gasteiger partial charge in [-0.05, 0) is 53.6 Å². The van der Waals surface area contributed by atoms with Gasteiger partial charge in [-0.3, -0.25) is 20.2 Å². The van der Waals surface area contributed by atoms with Gasteiger partial charge in [-0.15, -0.1) is 0 Å². The molecule has 0 aromatic heterocycles. The Morgan fingerprint density at radius 2 is 1.55 bits per heavy atom. The van der Waals surface area contributed by atoms with E-state index in [0.717, 1.165) is 5.56 Å². The van der Waals surface area contributed by atoms with Crippen molar-refractivity contribution in [1.29, 1.82) is 0 Å². The minimum Gasteiger partial charge on any atom is -0.489 e. The van der Waals surface area contributed by atoms with Gasteiger partial charge in [0.05, 0.1) is 9.85 Å². The van der Waals surface area contributed by atoms with Gasteiger partial charge < -0.3 is 9.47 Å². The van der Waals surface area contributed by atoms with Crippen LogP contribution in [0.2, 0.25) is 0 Å². The second kappa shape index (κ2) is 9.10. The van der Waals surface area contributed by atoms with E-state index in [4.69, 9.17) is 9.47 Å². The van der Waals surface area contributed by atoms with Crippen LogP contribution in [0.5, 0.6) is 5.75 Å². The maximum atomic E-state index is 12.2. The van der Waals surface area contributed by atoms with Crippen molar-refractivity contribution in [3.8, 4) is 5.75 Å². The lowest BCUT2D eigenvalue weighted by atomic mass is 10.2. The van der Waals surface area contributed by atoms with Crippen LogP contribution < -0.4 is 4.74 Å². The van der Waals surface area contributed by atoms with Crippen molar-refractivity contribution in [3.05, 3.63) is 115 Å². The molecular weight excluding hydrogens is 430 g/mol. The molecule has 3 aromatic rings. The van der Waals surface area contributed by atoms with E-state index in [0.29, 0.717) is 16.9 Å². The van der Waals surface area contributed by atoms with Crippen molar-refractivity contribution in [2.45, 2.75) is 6.61 Å². The molecule has 0 saturated carbocycles. The first-order chi connectivity index (χ1) is 15.9. The Morgan fingerprint density at radius 3 is 2.18 bits per heavy atom. The average molecular weight is 445 g/mol. The summed E-state index contributed by atoms with van der Waals surface area (Å²) in [5.41, 5.74) is 1.86. The van der Waals surface area contributed by atoms with Crippen LogP contribution in [0.4, 0.5) is 11.4 Å². The van der Waals surface area contributed by atoms with Gasteiger partial charge in [0.2, 0.25) is 5.90 Å². The number of hydrogen-bond acceptors (Lipinski definition) is 8. The van der Waals surface area contributed by atoms with Crippen LogP contribution >= 0.6 is 0 Å². The molecule has 0 aliphatic carbocycles. The molecule has 0 radical (unpaired) electrons. The standard InChI is InChI=1S/C23H15N3O7/c27-23-21(24-22(33-23)17-6-10-19(11-7-17)26(30)31)13-16-2-1-3-20(12-16)32-14-15-4-8-18(9-5-15)25(28)29/h1-13H,14H2/b21-13-. The fraction of sp³-hybridized carbons (Fsp3) is 0.0435. The first-order valence-electron chi connectivity index (χ1n) is 9.62. The zero-order chi connectivity index (χ0) is 23.4. The van der Waals surface area contributed by atoms with Crippen LogP contribution in [0.3, 0.4) is 0 Å². The molecule has 10 heteroatoms. The Kier molecular flexibility index (Phi) is 5.90. The molecule has 0 bridgehead atoms. The molecule has 1 aliphatic rings. The molecule has 0 fully saturated rings. The maximum Gasteiger partial charge on any atom is 0.363 e. The molecule has 0 spiro atoms. The van der Waals surface area contributed by atoms with Crippen LogP contribution in [0.15, 0.2) is 83.5 Å². The van der Waals surface area contributed by atoms with E-state index in [1.807, 2.05) is 0 Å². The van der Waals surface area contributed by atoms with Gasteiger partial charge in [0.1, 0.15) is 12.4 Å². The maximum absolute atomic E-state index is 12.2. The van der Waals surface area contributed by atoms with Gasteiger partial charge in [-0.25, -0.2) is 9.79 Å². The van der Waals surface area contributed by atoms with Crippen LogP contribution in [0, 0.1) is 20.2 Å². The summed E-state index contributed by atoms with van der Waals surface area (Å²) in [4.78, 5) is 36.9. The molecule has 0 atom stereocenters. The molecule has 0 saturated heterocycles. The van der Waals surface area contributed by atoms with Gasteiger partial charge in [0.15, 0.2) is 5.70 Å². The highest BCUT2D eigenvalue weighted by atomic mass is 16.6. The number of rotatable bonds is 7. The first kappa shape index (κ1) is 21.4. The van der Waals surface area contributed by atoms with Gasteiger partial charge >= 0.3 is 5.97 Å². The Labute approximate surface area is 186 Å². The number of cyclic esters (lactones) is 1. The van der Waals surface area contributed by atoms with E-state index in [1.165, 1.54) is 36.4 Å². The number of nitro groups is 2. The van der Waals surface area contributed by atoms with Crippen LogP contribution in [0.1, 0.15) is 16.7 Å². The average Bonchev–Trinajstić information content (AvgIpc) is 3.18. The number of benzene rings is 3. The van der Waals surface area contributed by atoms with E-state index in [9.17, 15) is 25.0 Å². The smallest absolute Gasteiger partial charge is 0.363 e. The molecule has 0 unspecified atom stereocenters. The van der Waals surface area contributed by atoms with Crippen molar-refractivity contribution in [3.63, 3.8) is 0 Å². The molecule has 164 valence electrons. The van der Waals surface area contributed by atoms with Crippen LogP contribution in [0.25, 0.3) is 6.08 Å². The lowest BCUT2D eigenvalue weighted by Gasteiger charge is -2.07.